The fourth-order valence-corrected chi connectivity index (χ4v) is 5.90. The topological polar surface area (TPSA) is 141 Å². The molecule has 3 N–H and O–H groups in total. The van der Waals surface area contributed by atoms with Crippen LogP contribution in [0.5, 0.6) is 0 Å². The number of carbonyl (C=O) groups is 1. The Morgan fingerprint density at radius 2 is 2.00 bits per heavy atom. The third-order valence-electron chi connectivity index (χ3n) is 5.63. The molecule has 0 unspecified atom stereocenters. The zero-order chi connectivity index (χ0) is 24.9. The number of aromatic carboxylic acids is 1. The van der Waals surface area contributed by atoms with Gasteiger partial charge < -0.3 is 15.0 Å². The maximum Gasteiger partial charge on any atom is 0.354 e. The van der Waals surface area contributed by atoms with Crippen LogP contribution in [0.25, 0.3) is 21.9 Å². The van der Waals surface area contributed by atoms with Gasteiger partial charge in [-0.25, -0.2) is 32.9 Å². The Morgan fingerprint density at radius 3 is 2.69 bits per heavy atom. The van der Waals surface area contributed by atoms with Crippen LogP contribution >= 0.6 is 23.4 Å². The minimum Gasteiger partial charge on any atom is -0.477 e. The lowest BCUT2D eigenvalue weighted by molar-refractivity contribution is 0.0691. The number of aromatic amines is 1. The highest BCUT2D eigenvalue weighted by molar-refractivity contribution is 7.99. The number of aryl methyl sites for hydroxylation is 1. The van der Waals surface area contributed by atoms with E-state index in [1.165, 1.54) is 17.8 Å². The SMILES string of the molecule is CCc1[nH]c2nc(Sc3ccc4ccc(C(=O)O)nc4c3)nc(N3CC(NS(C)(=O)=O)C3)c2c1Cl. The molecule has 10 nitrogen and oxygen atoms in total. The van der Waals surface area contributed by atoms with Crippen molar-refractivity contribution >= 4 is 67.1 Å². The van der Waals surface area contributed by atoms with Crippen molar-refractivity contribution in [1.82, 2.24) is 24.7 Å². The van der Waals surface area contributed by atoms with Crippen molar-refractivity contribution in [2.45, 2.75) is 29.4 Å². The van der Waals surface area contributed by atoms with Gasteiger partial charge in [0.15, 0.2) is 5.16 Å². The second kappa shape index (κ2) is 8.94. The van der Waals surface area contributed by atoms with Crippen molar-refractivity contribution in [2.75, 3.05) is 24.2 Å². The highest BCUT2D eigenvalue weighted by Gasteiger charge is 2.32. The lowest BCUT2D eigenvalue weighted by Crippen LogP contribution is -2.59. The molecule has 4 aromatic rings. The number of nitrogens with one attached hydrogen (secondary N) is 2. The van der Waals surface area contributed by atoms with Crippen LogP contribution in [0.2, 0.25) is 5.02 Å². The average molecular weight is 533 g/mol. The van der Waals surface area contributed by atoms with Gasteiger partial charge in [-0.1, -0.05) is 30.7 Å². The number of hydrogen-bond acceptors (Lipinski definition) is 8. The number of anilines is 1. The summed E-state index contributed by atoms with van der Waals surface area (Å²) < 4.78 is 25.8. The van der Waals surface area contributed by atoms with Crippen LogP contribution in [0, 0.1) is 0 Å². The van der Waals surface area contributed by atoms with Crippen molar-refractivity contribution in [3.05, 3.63) is 46.7 Å². The molecule has 0 aliphatic carbocycles. The summed E-state index contributed by atoms with van der Waals surface area (Å²) in [4.78, 5) is 31.0. The molecule has 0 spiro atoms. The molecule has 1 fully saturated rings. The highest BCUT2D eigenvalue weighted by Crippen LogP contribution is 2.38. The first-order valence-electron chi connectivity index (χ1n) is 10.7. The van der Waals surface area contributed by atoms with Crippen LogP contribution in [0.1, 0.15) is 23.1 Å². The van der Waals surface area contributed by atoms with E-state index >= 15 is 0 Å². The van der Waals surface area contributed by atoms with Gasteiger partial charge in [0.2, 0.25) is 10.0 Å². The molecule has 0 amide bonds. The Hall–Kier alpha value is -2.93. The molecule has 0 saturated carbocycles. The molecule has 13 heteroatoms. The Balaban J connectivity index is 1.50. The maximum absolute atomic E-state index is 11.6. The molecule has 182 valence electrons. The van der Waals surface area contributed by atoms with Gasteiger partial charge in [-0.3, -0.25) is 0 Å². The number of H-pyrrole nitrogens is 1. The van der Waals surface area contributed by atoms with Crippen LogP contribution in [0.4, 0.5) is 5.82 Å². The second-order valence-electron chi connectivity index (χ2n) is 8.27. The number of pyridine rings is 1. The molecule has 0 atom stereocenters. The average Bonchev–Trinajstić information content (AvgIpc) is 3.10. The predicted octanol–water partition coefficient (Wildman–Crippen LogP) is 3.31. The van der Waals surface area contributed by atoms with E-state index in [0.717, 1.165) is 22.2 Å². The summed E-state index contributed by atoms with van der Waals surface area (Å²) in [6.45, 7) is 2.91. The van der Waals surface area contributed by atoms with Crippen molar-refractivity contribution in [3.63, 3.8) is 0 Å². The molecule has 5 rings (SSSR count). The minimum atomic E-state index is -3.30. The molecule has 4 heterocycles. The van der Waals surface area contributed by atoms with E-state index in [1.807, 2.05) is 24.0 Å². The van der Waals surface area contributed by atoms with Crippen molar-refractivity contribution in [3.8, 4) is 0 Å². The zero-order valence-corrected chi connectivity index (χ0v) is 21.1. The zero-order valence-electron chi connectivity index (χ0n) is 18.7. The first-order valence-corrected chi connectivity index (χ1v) is 13.8. The minimum absolute atomic E-state index is 0.0252. The first kappa shape index (κ1) is 23.8. The summed E-state index contributed by atoms with van der Waals surface area (Å²) in [5.41, 5.74) is 1.99. The third-order valence-corrected chi connectivity index (χ3v) is 7.66. The summed E-state index contributed by atoms with van der Waals surface area (Å²) in [6.07, 6.45) is 1.83. The molecule has 0 bridgehead atoms. The molecule has 3 aromatic heterocycles. The van der Waals surface area contributed by atoms with Crippen molar-refractivity contribution in [1.29, 1.82) is 0 Å². The van der Waals surface area contributed by atoms with Crippen LogP contribution in [-0.4, -0.2) is 64.8 Å². The smallest absolute Gasteiger partial charge is 0.354 e. The molecule has 35 heavy (non-hydrogen) atoms. The van der Waals surface area contributed by atoms with Crippen LogP contribution in [0.15, 0.2) is 40.4 Å². The Labute approximate surface area is 210 Å². The summed E-state index contributed by atoms with van der Waals surface area (Å²) >= 11 is 7.96. The number of nitrogens with zero attached hydrogens (tertiary/aromatic N) is 4. The number of carboxylic acid groups (broad SMARTS) is 1. The second-order valence-corrected chi connectivity index (χ2v) is 11.5. The Bertz CT molecular complexity index is 1580. The number of benzene rings is 1. The van der Waals surface area contributed by atoms with Gasteiger partial charge in [0.1, 0.15) is 17.2 Å². The normalized spacial score (nSPS) is 14.5. The fourth-order valence-electron chi connectivity index (χ4n) is 4.00. The molecule has 1 saturated heterocycles. The van der Waals surface area contributed by atoms with E-state index < -0.39 is 16.0 Å². The molecule has 1 aromatic carbocycles. The first-order chi connectivity index (χ1) is 16.6. The molecular formula is C22H21ClN6O4S2. The summed E-state index contributed by atoms with van der Waals surface area (Å²) in [5, 5.41) is 11.8. The van der Waals surface area contributed by atoms with Gasteiger partial charge in [-0.15, -0.1) is 0 Å². The van der Waals surface area contributed by atoms with E-state index in [4.69, 9.17) is 16.6 Å². The summed E-state index contributed by atoms with van der Waals surface area (Å²) in [7, 11) is -3.30. The summed E-state index contributed by atoms with van der Waals surface area (Å²) in [6, 6.07) is 8.56. The number of rotatable bonds is 7. The van der Waals surface area contributed by atoms with E-state index in [1.54, 1.807) is 12.1 Å². The largest absolute Gasteiger partial charge is 0.477 e. The van der Waals surface area contributed by atoms with Gasteiger partial charge in [-0.2, -0.15) is 0 Å². The number of carboxylic acids is 1. The summed E-state index contributed by atoms with van der Waals surface area (Å²) in [5.74, 6) is -0.450. The van der Waals surface area contributed by atoms with Crippen molar-refractivity contribution in [2.24, 2.45) is 0 Å². The van der Waals surface area contributed by atoms with Gasteiger partial charge in [-0.05, 0) is 36.4 Å². The van der Waals surface area contributed by atoms with E-state index in [2.05, 4.69) is 19.7 Å². The van der Waals surface area contributed by atoms with Crippen molar-refractivity contribution < 1.29 is 18.3 Å². The number of hydrogen-bond donors (Lipinski definition) is 3. The molecule has 1 aliphatic heterocycles. The number of aromatic nitrogens is 4. The fraction of sp³-hybridized carbons (Fsp3) is 0.273. The van der Waals surface area contributed by atoms with E-state index in [-0.39, 0.29) is 11.7 Å². The lowest BCUT2D eigenvalue weighted by atomic mass is 10.1. The van der Waals surface area contributed by atoms with Gasteiger partial charge in [0, 0.05) is 29.1 Å². The van der Waals surface area contributed by atoms with Crippen LogP contribution in [-0.2, 0) is 16.4 Å². The van der Waals surface area contributed by atoms with E-state index in [9.17, 15) is 18.3 Å². The van der Waals surface area contributed by atoms with Crippen LogP contribution < -0.4 is 9.62 Å². The third kappa shape index (κ3) is 4.79. The maximum atomic E-state index is 11.6. The van der Waals surface area contributed by atoms with Gasteiger partial charge in [0.05, 0.1) is 28.2 Å². The number of sulfonamides is 1. The predicted molar refractivity (Wildman–Crippen MR) is 135 cm³/mol. The Morgan fingerprint density at radius 1 is 1.26 bits per heavy atom. The molecule has 1 aliphatic rings. The van der Waals surface area contributed by atoms with E-state index in [0.29, 0.717) is 52.1 Å². The van der Waals surface area contributed by atoms with Gasteiger partial charge >= 0.3 is 5.97 Å². The Kier molecular flexibility index (Phi) is 6.08. The number of fused-ring (bicyclic) bond motifs is 2. The molecular weight excluding hydrogens is 512 g/mol. The quantitative estimate of drug-likeness (QED) is 0.305. The number of halogens is 1. The monoisotopic (exact) mass is 532 g/mol. The highest BCUT2D eigenvalue weighted by atomic mass is 35.5. The standard InChI is InChI=1S/C22H21ClN6O4S2/c1-3-14-18(23)17-19(25-14)26-22(27-20(17)29-9-12(10-29)28-35(2,32)33)34-13-6-4-11-5-7-15(21(30)31)24-16(11)8-13/h4-8,12,28H,3,9-10H2,1-2H3,(H,30,31)(H,25,26,27). The van der Waals surface area contributed by atoms with Gasteiger partial charge in [0.25, 0.3) is 0 Å². The lowest BCUT2D eigenvalue weighted by Gasteiger charge is -2.40. The molecule has 0 radical (unpaired) electrons. The van der Waals surface area contributed by atoms with Crippen LogP contribution in [0.3, 0.4) is 0 Å².